The van der Waals surface area contributed by atoms with Crippen molar-refractivity contribution in [3.8, 4) is 11.5 Å². The Hall–Kier alpha value is -3.39. The maximum absolute atomic E-state index is 13.7. The Morgan fingerprint density at radius 3 is 2.31 bits per heavy atom. The van der Waals surface area contributed by atoms with Gasteiger partial charge in [-0.3, -0.25) is 9.59 Å². The number of nitrogens with zero attached hydrogens (tertiary/aromatic N) is 5. The normalized spacial score (nSPS) is 14.5. The van der Waals surface area contributed by atoms with E-state index in [1.165, 1.54) is 0 Å². The highest BCUT2D eigenvalue weighted by atomic mass is 16.2. The number of amides is 2. The van der Waals surface area contributed by atoms with Crippen molar-refractivity contribution in [3.05, 3.63) is 66.1 Å². The van der Waals surface area contributed by atoms with Crippen molar-refractivity contribution in [2.75, 3.05) is 39.3 Å². The average molecular weight is 477 g/mol. The van der Waals surface area contributed by atoms with Gasteiger partial charge in [0, 0.05) is 44.5 Å². The van der Waals surface area contributed by atoms with Crippen LogP contribution in [0.4, 0.5) is 0 Å². The van der Waals surface area contributed by atoms with E-state index in [-0.39, 0.29) is 17.7 Å². The molecule has 0 aliphatic carbocycles. The van der Waals surface area contributed by atoms with Crippen LogP contribution in [0.1, 0.15) is 42.7 Å². The van der Waals surface area contributed by atoms with Crippen LogP contribution in [0, 0.1) is 12.8 Å². The Labute approximate surface area is 207 Å². The van der Waals surface area contributed by atoms with Crippen LogP contribution in [0.3, 0.4) is 0 Å². The quantitative estimate of drug-likeness (QED) is 0.514. The number of aryl methyl sites for hydroxylation is 1. The van der Waals surface area contributed by atoms with Crippen LogP contribution in [0.25, 0.3) is 11.5 Å². The summed E-state index contributed by atoms with van der Waals surface area (Å²) in [6.07, 6.45) is 5.21. The molecule has 0 unspecified atom stereocenters. The Morgan fingerprint density at radius 2 is 1.69 bits per heavy atom. The number of piperidine rings is 1. The molecular weight excluding hydrogens is 440 g/mol. The molecule has 1 aromatic carbocycles. The van der Waals surface area contributed by atoms with Crippen molar-refractivity contribution in [1.82, 2.24) is 29.5 Å². The highest BCUT2D eigenvalue weighted by Crippen LogP contribution is 2.26. The van der Waals surface area contributed by atoms with Gasteiger partial charge in [0.2, 0.25) is 5.91 Å². The minimum Gasteiger partial charge on any atom is -0.355 e. The molecule has 1 aliphatic rings. The zero-order valence-corrected chi connectivity index (χ0v) is 21.0. The lowest BCUT2D eigenvalue weighted by Crippen LogP contribution is -2.44. The third-order valence-corrected chi connectivity index (χ3v) is 6.87. The fourth-order valence-corrected chi connectivity index (χ4v) is 4.75. The Balaban J connectivity index is 1.46. The number of hydrogen-bond acceptors (Lipinski definition) is 4. The first-order chi connectivity index (χ1) is 17.0. The molecule has 8 heteroatoms. The van der Waals surface area contributed by atoms with E-state index >= 15 is 0 Å². The summed E-state index contributed by atoms with van der Waals surface area (Å²) >= 11 is 0. The smallest absolute Gasteiger partial charge is 0.259 e. The Morgan fingerprint density at radius 1 is 1.03 bits per heavy atom. The van der Waals surface area contributed by atoms with Crippen molar-refractivity contribution in [2.24, 2.45) is 5.92 Å². The van der Waals surface area contributed by atoms with Gasteiger partial charge in [-0.1, -0.05) is 32.0 Å². The van der Waals surface area contributed by atoms with E-state index < -0.39 is 0 Å². The van der Waals surface area contributed by atoms with E-state index in [9.17, 15) is 9.59 Å². The van der Waals surface area contributed by atoms with Gasteiger partial charge in [-0.05, 0) is 57.1 Å². The molecule has 2 amide bonds. The predicted octanol–water partition coefficient (Wildman–Crippen LogP) is 3.28. The van der Waals surface area contributed by atoms with Crippen LogP contribution in [0.5, 0.6) is 0 Å². The van der Waals surface area contributed by atoms with Gasteiger partial charge in [-0.25, -0.2) is 4.68 Å². The first kappa shape index (κ1) is 24.7. The van der Waals surface area contributed by atoms with Crippen LogP contribution in [-0.2, 0) is 4.79 Å². The molecule has 3 heterocycles. The second kappa shape index (κ2) is 11.4. The van der Waals surface area contributed by atoms with Gasteiger partial charge in [0.05, 0.1) is 11.4 Å². The summed E-state index contributed by atoms with van der Waals surface area (Å²) in [5.74, 6) is 0.756. The van der Waals surface area contributed by atoms with Crippen molar-refractivity contribution in [1.29, 1.82) is 0 Å². The molecule has 0 spiro atoms. The number of aromatic nitrogens is 3. The maximum Gasteiger partial charge on any atom is 0.259 e. The summed E-state index contributed by atoms with van der Waals surface area (Å²) in [4.78, 5) is 30.6. The topological polar surface area (TPSA) is 75.4 Å². The van der Waals surface area contributed by atoms with Crippen LogP contribution in [-0.4, -0.2) is 75.2 Å². The van der Waals surface area contributed by atoms with Crippen molar-refractivity contribution in [3.63, 3.8) is 0 Å². The fourth-order valence-electron chi connectivity index (χ4n) is 4.75. The summed E-state index contributed by atoms with van der Waals surface area (Å²) in [5.41, 5.74) is 2.20. The molecule has 35 heavy (non-hydrogen) atoms. The van der Waals surface area contributed by atoms with Crippen LogP contribution in [0.15, 0.2) is 54.9 Å². The SMILES string of the molecule is CCN(CC)CCNC(=O)C1CCN(C(=O)c2c(C)nn(-c3ccccc3)c2-n2cccc2)CC1. The first-order valence-electron chi connectivity index (χ1n) is 12.6. The zero-order valence-electron chi connectivity index (χ0n) is 21.0. The standard InChI is InChI=1S/C27H36N6O2/c1-4-30(5-2)20-15-28-25(34)22-13-18-32(19-14-22)27(35)24-21(3)29-33(23-11-7-6-8-12-23)26(24)31-16-9-10-17-31/h6-12,16-17,22H,4-5,13-15,18-20H2,1-3H3,(H,28,34). The summed E-state index contributed by atoms with van der Waals surface area (Å²) in [5, 5.41) is 7.82. The van der Waals surface area contributed by atoms with Crippen molar-refractivity contribution in [2.45, 2.75) is 33.6 Å². The molecule has 4 rings (SSSR count). The van der Waals surface area contributed by atoms with E-state index in [1.807, 2.05) is 75.9 Å². The molecule has 0 atom stereocenters. The summed E-state index contributed by atoms with van der Waals surface area (Å²) in [7, 11) is 0. The molecule has 186 valence electrons. The predicted molar refractivity (Wildman–Crippen MR) is 137 cm³/mol. The van der Waals surface area contributed by atoms with Gasteiger partial charge < -0.3 is 19.7 Å². The lowest BCUT2D eigenvalue weighted by atomic mass is 9.95. The number of likely N-dealkylation sites (N-methyl/N-ethyl adjacent to an activating group) is 1. The fraction of sp³-hybridized carbons (Fsp3) is 0.444. The van der Waals surface area contributed by atoms with E-state index in [1.54, 1.807) is 0 Å². The lowest BCUT2D eigenvalue weighted by molar-refractivity contribution is -0.126. The molecule has 1 fully saturated rings. The second-order valence-electron chi connectivity index (χ2n) is 9.01. The number of benzene rings is 1. The summed E-state index contributed by atoms with van der Waals surface area (Å²) in [6, 6.07) is 13.7. The third-order valence-electron chi connectivity index (χ3n) is 6.87. The second-order valence-corrected chi connectivity index (χ2v) is 9.01. The number of likely N-dealkylation sites (tertiary alicyclic amines) is 1. The monoisotopic (exact) mass is 476 g/mol. The molecule has 1 N–H and O–H groups in total. The van der Waals surface area contributed by atoms with Crippen molar-refractivity contribution < 1.29 is 9.59 Å². The maximum atomic E-state index is 13.7. The molecule has 1 aliphatic heterocycles. The number of carbonyl (C=O) groups is 2. The zero-order chi connectivity index (χ0) is 24.8. The first-order valence-corrected chi connectivity index (χ1v) is 12.6. The highest BCUT2D eigenvalue weighted by Gasteiger charge is 2.32. The van der Waals surface area contributed by atoms with Crippen molar-refractivity contribution >= 4 is 11.8 Å². The van der Waals surface area contributed by atoms with Gasteiger partial charge in [0.25, 0.3) is 5.91 Å². The van der Waals surface area contributed by atoms with Crippen LogP contribution in [0.2, 0.25) is 0 Å². The largest absolute Gasteiger partial charge is 0.355 e. The van der Waals surface area contributed by atoms with Gasteiger partial charge in [-0.15, -0.1) is 0 Å². The van der Waals surface area contributed by atoms with Crippen LogP contribution >= 0.6 is 0 Å². The van der Waals surface area contributed by atoms with E-state index in [0.29, 0.717) is 43.7 Å². The molecule has 8 nitrogen and oxygen atoms in total. The Bertz CT molecular complexity index is 1110. The minimum absolute atomic E-state index is 0.0335. The van der Waals surface area contributed by atoms with E-state index in [2.05, 4.69) is 24.1 Å². The minimum atomic E-state index is -0.0483. The van der Waals surface area contributed by atoms with E-state index in [0.717, 1.165) is 31.1 Å². The number of nitrogens with one attached hydrogen (secondary N) is 1. The highest BCUT2D eigenvalue weighted by molar-refractivity contribution is 5.99. The molecule has 0 bridgehead atoms. The molecule has 0 saturated carbocycles. The molecule has 0 radical (unpaired) electrons. The Kier molecular flexibility index (Phi) is 8.02. The number of hydrogen-bond donors (Lipinski definition) is 1. The van der Waals surface area contributed by atoms with Gasteiger partial charge in [0.1, 0.15) is 5.56 Å². The van der Waals surface area contributed by atoms with Crippen LogP contribution < -0.4 is 5.32 Å². The molecule has 1 saturated heterocycles. The summed E-state index contributed by atoms with van der Waals surface area (Å²) in [6.45, 7) is 10.8. The average Bonchev–Trinajstić information content (AvgIpc) is 3.54. The van der Waals surface area contributed by atoms with Gasteiger partial charge >= 0.3 is 0 Å². The summed E-state index contributed by atoms with van der Waals surface area (Å²) < 4.78 is 3.77. The third kappa shape index (κ3) is 5.48. The number of rotatable bonds is 9. The lowest BCUT2D eigenvalue weighted by Gasteiger charge is -2.31. The van der Waals surface area contributed by atoms with Gasteiger partial charge in [0.15, 0.2) is 5.82 Å². The molecular formula is C27H36N6O2. The van der Waals surface area contributed by atoms with E-state index in [4.69, 9.17) is 5.10 Å². The molecule has 3 aromatic rings. The molecule has 2 aromatic heterocycles. The number of carbonyl (C=O) groups excluding carboxylic acids is 2. The number of para-hydroxylation sites is 1. The van der Waals surface area contributed by atoms with Gasteiger partial charge in [-0.2, -0.15) is 5.10 Å².